The van der Waals surface area contributed by atoms with Gasteiger partial charge in [-0.3, -0.25) is 5.43 Å². The highest BCUT2D eigenvalue weighted by Crippen LogP contribution is 2.08. The third-order valence-corrected chi connectivity index (χ3v) is 2.12. The normalized spacial score (nSPS) is 12.5. The van der Waals surface area contributed by atoms with Crippen LogP contribution in [0.15, 0.2) is 24.3 Å². The Morgan fingerprint density at radius 2 is 2.21 bits per heavy atom. The third-order valence-electron chi connectivity index (χ3n) is 1.81. The zero-order chi connectivity index (χ0) is 10.4. The van der Waals surface area contributed by atoms with Crippen LogP contribution in [-0.2, 0) is 6.54 Å². The molecule has 0 bridgehead atoms. The number of hydrogen-bond acceptors (Lipinski definition) is 3. The molecule has 0 saturated carbocycles. The average molecular weight is 305 g/mol. The topological polar surface area (TPSA) is 36.1 Å². The van der Waals surface area contributed by atoms with Gasteiger partial charge in [-0.15, -0.1) is 0 Å². The highest BCUT2D eigenvalue weighted by atomic mass is 127. The molecule has 0 aromatic heterocycles. The minimum absolute atomic E-state index is 0.431. The van der Waals surface area contributed by atoms with Crippen LogP contribution in [-0.4, -0.2) is 11.1 Å². The number of hydrazine groups is 1. The first kappa shape index (κ1) is 11.7. The Morgan fingerprint density at radius 3 is 2.86 bits per heavy atom. The van der Waals surface area contributed by atoms with Crippen molar-refractivity contribution in [2.24, 2.45) is 0 Å². The van der Waals surface area contributed by atoms with Crippen molar-refractivity contribution in [1.82, 2.24) is 10.9 Å². The first-order chi connectivity index (χ1) is 6.72. The van der Waals surface area contributed by atoms with E-state index in [0.29, 0.717) is 4.05 Å². The minimum atomic E-state index is 0.431. The number of hydrogen-bond donors (Lipinski definition) is 3. The zero-order valence-electron chi connectivity index (χ0n) is 8.47. The summed E-state index contributed by atoms with van der Waals surface area (Å²) in [4.78, 5) is 0. The first-order valence-electron chi connectivity index (χ1n) is 4.61. The molecule has 0 radical (unpaired) electrons. The van der Waals surface area contributed by atoms with Gasteiger partial charge in [-0.2, -0.15) is 0 Å². The van der Waals surface area contributed by atoms with Gasteiger partial charge < -0.3 is 5.32 Å². The SMILES string of the molecule is CNc1cccc(CNNC(C)I)c1. The lowest BCUT2D eigenvalue weighted by molar-refractivity contribution is 0.539. The quantitative estimate of drug-likeness (QED) is 0.337. The van der Waals surface area contributed by atoms with Crippen LogP contribution in [0.4, 0.5) is 5.69 Å². The lowest BCUT2D eigenvalue weighted by Crippen LogP contribution is -2.35. The van der Waals surface area contributed by atoms with Crippen LogP contribution in [0.2, 0.25) is 0 Å². The standard InChI is InChI=1S/C10H16IN3/c1-8(11)14-13-7-9-4-3-5-10(6-9)12-2/h3-6,8,12-14H,7H2,1-2H3. The Labute approximate surface area is 98.8 Å². The molecular formula is C10H16IN3. The van der Waals surface area contributed by atoms with Crippen molar-refractivity contribution >= 4 is 28.3 Å². The molecule has 0 amide bonds. The second kappa shape index (κ2) is 6.21. The van der Waals surface area contributed by atoms with Gasteiger partial charge in [-0.05, 0) is 24.6 Å². The summed E-state index contributed by atoms with van der Waals surface area (Å²) < 4.78 is 0.431. The molecule has 14 heavy (non-hydrogen) atoms. The second-order valence-corrected chi connectivity index (χ2v) is 4.93. The van der Waals surface area contributed by atoms with Crippen molar-refractivity contribution in [3.05, 3.63) is 29.8 Å². The average Bonchev–Trinajstić information content (AvgIpc) is 2.18. The van der Waals surface area contributed by atoms with E-state index in [4.69, 9.17) is 0 Å². The molecule has 1 unspecified atom stereocenters. The molecule has 4 heteroatoms. The molecule has 1 atom stereocenters. The molecule has 3 N–H and O–H groups in total. The van der Waals surface area contributed by atoms with Crippen molar-refractivity contribution < 1.29 is 0 Å². The summed E-state index contributed by atoms with van der Waals surface area (Å²) >= 11 is 2.31. The summed E-state index contributed by atoms with van der Waals surface area (Å²) in [6, 6.07) is 8.34. The molecule has 0 heterocycles. The van der Waals surface area contributed by atoms with Crippen molar-refractivity contribution in [2.45, 2.75) is 17.5 Å². The lowest BCUT2D eigenvalue weighted by atomic mass is 10.2. The van der Waals surface area contributed by atoms with E-state index >= 15 is 0 Å². The minimum Gasteiger partial charge on any atom is -0.388 e. The molecule has 3 nitrogen and oxygen atoms in total. The Kier molecular flexibility index (Phi) is 5.21. The number of benzene rings is 1. The monoisotopic (exact) mass is 305 g/mol. The maximum atomic E-state index is 3.17. The fourth-order valence-corrected chi connectivity index (χ4v) is 1.35. The van der Waals surface area contributed by atoms with Crippen LogP contribution < -0.4 is 16.2 Å². The summed E-state index contributed by atoms with van der Waals surface area (Å²) in [6.45, 7) is 2.93. The molecule has 1 aromatic carbocycles. The third kappa shape index (κ3) is 4.26. The van der Waals surface area contributed by atoms with E-state index in [1.165, 1.54) is 5.56 Å². The molecule has 0 aliphatic heterocycles. The zero-order valence-corrected chi connectivity index (χ0v) is 10.6. The van der Waals surface area contributed by atoms with Crippen molar-refractivity contribution in [2.75, 3.05) is 12.4 Å². The van der Waals surface area contributed by atoms with Crippen LogP contribution in [0, 0.1) is 0 Å². The van der Waals surface area contributed by atoms with Crippen LogP contribution in [0.3, 0.4) is 0 Å². The van der Waals surface area contributed by atoms with Crippen molar-refractivity contribution in [3.63, 3.8) is 0 Å². The molecule has 78 valence electrons. The molecule has 0 aliphatic carbocycles. The fourth-order valence-electron chi connectivity index (χ4n) is 1.13. The van der Waals surface area contributed by atoms with E-state index in [2.05, 4.69) is 69.9 Å². The van der Waals surface area contributed by atoms with Gasteiger partial charge in [-0.1, -0.05) is 34.7 Å². The molecule has 1 rings (SSSR count). The van der Waals surface area contributed by atoms with Gasteiger partial charge in [0, 0.05) is 19.3 Å². The summed E-state index contributed by atoms with van der Waals surface area (Å²) in [7, 11) is 1.93. The predicted octanol–water partition coefficient (Wildman–Crippen LogP) is 2.10. The molecule has 0 aliphatic rings. The van der Waals surface area contributed by atoms with Gasteiger partial charge in [0.05, 0.1) is 4.05 Å². The van der Waals surface area contributed by atoms with Gasteiger partial charge in [0.2, 0.25) is 0 Å². The van der Waals surface area contributed by atoms with Gasteiger partial charge in [-0.25, -0.2) is 5.43 Å². The van der Waals surface area contributed by atoms with E-state index in [9.17, 15) is 0 Å². The van der Waals surface area contributed by atoms with Gasteiger partial charge in [0.1, 0.15) is 0 Å². The highest BCUT2D eigenvalue weighted by Gasteiger charge is 1.95. The van der Waals surface area contributed by atoms with Crippen molar-refractivity contribution in [1.29, 1.82) is 0 Å². The van der Waals surface area contributed by atoms with E-state index in [0.717, 1.165) is 12.2 Å². The Hall–Kier alpha value is -0.330. The maximum Gasteiger partial charge on any atom is 0.0699 e. The van der Waals surface area contributed by atoms with Crippen LogP contribution in [0.1, 0.15) is 12.5 Å². The fraction of sp³-hybridized carbons (Fsp3) is 0.400. The van der Waals surface area contributed by atoms with Gasteiger partial charge in [0.25, 0.3) is 0 Å². The highest BCUT2D eigenvalue weighted by molar-refractivity contribution is 14.1. The molecule has 0 fully saturated rings. The van der Waals surface area contributed by atoms with Crippen LogP contribution >= 0.6 is 22.6 Å². The summed E-state index contributed by atoms with van der Waals surface area (Å²) in [5.74, 6) is 0. The summed E-state index contributed by atoms with van der Waals surface area (Å²) in [6.07, 6.45) is 0. The van der Waals surface area contributed by atoms with Gasteiger partial charge in [0.15, 0.2) is 0 Å². The van der Waals surface area contributed by atoms with E-state index in [1.54, 1.807) is 0 Å². The number of nitrogens with one attached hydrogen (secondary N) is 3. The number of halogens is 1. The Bertz CT molecular complexity index is 276. The van der Waals surface area contributed by atoms with E-state index in [1.807, 2.05) is 7.05 Å². The first-order valence-corrected chi connectivity index (χ1v) is 5.86. The maximum absolute atomic E-state index is 3.17. The molecule has 0 saturated heterocycles. The van der Waals surface area contributed by atoms with Crippen molar-refractivity contribution in [3.8, 4) is 0 Å². The second-order valence-electron chi connectivity index (χ2n) is 3.06. The lowest BCUT2D eigenvalue weighted by Gasteiger charge is -2.09. The van der Waals surface area contributed by atoms with Gasteiger partial charge >= 0.3 is 0 Å². The van der Waals surface area contributed by atoms with E-state index in [-0.39, 0.29) is 0 Å². The largest absolute Gasteiger partial charge is 0.388 e. The Morgan fingerprint density at radius 1 is 1.43 bits per heavy atom. The van der Waals surface area contributed by atoms with E-state index < -0.39 is 0 Å². The predicted molar refractivity (Wildman–Crippen MR) is 69.4 cm³/mol. The van der Waals surface area contributed by atoms with Crippen LogP contribution in [0.25, 0.3) is 0 Å². The molecular weight excluding hydrogens is 289 g/mol. The number of anilines is 1. The smallest absolute Gasteiger partial charge is 0.0699 e. The molecule has 0 spiro atoms. The summed E-state index contributed by atoms with van der Waals surface area (Å²) in [5.41, 5.74) is 8.73. The Balaban J connectivity index is 2.42. The number of rotatable bonds is 5. The summed E-state index contributed by atoms with van der Waals surface area (Å²) in [5, 5.41) is 3.12. The number of alkyl halides is 1. The van der Waals surface area contributed by atoms with Crippen LogP contribution in [0.5, 0.6) is 0 Å². The molecule has 1 aromatic rings.